The van der Waals surface area contributed by atoms with Crippen LogP contribution in [0.15, 0.2) is 47.1 Å². The highest BCUT2D eigenvalue weighted by atomic mass is 16.5. The van der Waals surface area contributed by atoms with Gasteiger partial charge >= 0.3 is 0 Å². The number of rotatable bonds is 6. The molecule has 0 saturated carbocycles. The van der Waals surface area contributed by atoms with Crippen LogP contribution < -0.4 is 15.0 Å². The molecule has 0 unspecified atom stereocenters. The fraction of sp³-hybridized carbons (Fsp3) is 0.333. The summed E-state index contributed by atoms with van der Waals surface area (Å²) in [5.41, 5.74) is 3.76. The van der Waals surface area contributed by atoms with E-state index in [0.717, 1.165) is 30.0 Å². The van der Waals surface area contributed by atoms with E-state index in [1.165, 1.54) is 0 Å². The molecule has 0 bridgehead atoms. The van der Waals surface area contributed by atoms with E-state index in [1.807, 2.05) is 38.1 Å². The van der Waals surface area contributed by atoms with E-state index in [-0.39, 0.29) is 11.8 Å². The van der Waals surface area contributed by atoms with Gasteiger partial charge in [0.15, 0.2) is 0 Å². The number of anilines is 2. The van der Waals surface area contributed by atoms with Gasteiger partial charge in [-0.25, -0.2) is 0 Å². The standard InChI is InChI=1S/C24H27N3O4/c1-16-13-20(17(2)27(16)15-19-7-6-12-31-19)24(29)25-18-9-10-22(30-3)21(14-18)26-11-5-4-8-23(26)28/h6-7,9-10,12-14H,4-5,8,11,15H2,1-3H3,(H,25,29). The molecule has 1 saturated heterocycles. The first-order valence-corrected chi connectivity index (χ1v) is 10.5. The molecule has 1 N–H and O–H groups in total. The highest BCUT2D eigenvalue weighted by Gasteiger charge is 2.23. The van der Waals surface area contributed by atoms with Crippen molar-refractivity contribution in [3.63, 3.8) is 0 Å². The van der Waals surface area contributed by atoms with Crippen molar-refractivity contribution in [3.05, 3.63) is 65.4 Å². The van der Waals surface area contributed by atoms with Crippen LogP contribution in [0.3, 0.4) is 0 Å². The number of amides is 2. The highest BCUT2D eigenvalue weighted by molar-refractivity contribution is 6.06. The molecular formula is C24H27N3O4. The van der Waals surface area contributed by atoms with Crippen LogP contribution >= 0.6 is 0 Å². The predicted molar refractivity (Wildman–Crippen MR) is 119 cm³/mol. The van der Waals surface area contributed by atoms with Crippen LogP contribution in [0.2, 0.25) is 0 Å². The first kappa shape index (κ1) is 20.8. The number of nitrogens with one attached hydrogen (secondary N) is 1. The lowest BCUT2D eigenvalue weighted by atomic mass is 10.1. The number of aromatic nitrogens is 1. The van der Waals surface area contributed by atoms with E-state index in [4.69, 9.17) is 9.15 Å². The van der Waals surface area contributed by atoms with Gasteiger partial charge < -0.3 is 23.9 Å². The number of ether oxygens (including phenoxy) is 1. The number of hydrogen-bond donors (Lipinski definition) is 1. The number of nitrogens with zero attached hydrogens (tertiary/aromatic N) is 2. The third-order valence-electron chi connectivity index (χ3n) is 5.76. The Kier molecular flexibility index (Phi) is 5.84. The van der Waals surface area contributed by atoms with E-state index in [0.29, 0.717) is 42.2 Å². The summed E-state index contributed by atoms with van der Waals surface area (Å²) in [6.45, 7) is 5.12. The second-order valence-electron chi connectivity index (χ2n) is 7.79. The van der Waals surface area contributed by atoms with Crippen LogP contribution in [0.1, 0.15) is 46.8 Å². The number of hydrogen-bond acceptors (Lipinski definition) is 4. The van der Waals surface area contributed by atoms with Gasteiger partial charge in [0.05, 0.1) is 31.2 Å². The van der Waals surface area contributed by atoms with Crippen molar-refractivity contribution in [2.45, 2.75) is 39.7 Å². The summed E-state index contributed by atoms with van der Waals surface area (Å²) in [7, 11) is 1.58. The molecule has 7 nitrogen and oxygen atoms in total. The lowest BCUT2D eigenvalue weighted by Gasteiger charge is -2.28. The molecule has 1 aliphatic rings. The van der Waals surface area contributed by atoms with Crippen molar-refractivity contribution in [2.75, 3.05) is 23.9 Å². The summed E-state index contributed by atoms with van der Waals surface area (Å²) in [5.74, 6) is 1.33. The SMILES string of the molecule is COc1ccc(NC(=O)c2cc(C)n(Cc3ccco3)c2C)cc1N1CCCCC1=O. The highest BCUT2D eigenvalue weighted by Crippen LogP contribution is 2.34. The van der Waals surface area contributed by atoms with Crippen LogP contribution in [-0.2, 0) is 11.3 Å². The summed E-state index contributed by atoms with van der Waals surface area (Å²) in [5, 5.41) is 2.97. The number of benzene rings is 1. The maximum atomic E-state index is 13.0. The lowest BCUT2D eigenvalue weighted by molar-refractivity contribution is -0.119. The van der Waals surface area contributed by atoms with Crippen LogP contribution in [-0.4, -0.2) is 30.0 Å². The molecule has 0 aliphatic carbocycles. The number of carbonyl (C=O) groups excluding carboxylic acids is 2. The van der Waals surface area contributed by atoms with E-state index in [9.17, 15) is 9.59 Å². The van der Waals surface area contributed by atoms with E-state index >= 15 is 0 Å². The van der Waals surface area contributed by atoms with Gasteiger partial charge in [-0.15, -0.1) is 0 Å². The average molecular weight is 421 g/mol. The second kappa shape index (κ2) is 8.71. The van der Waals surface area contributed by atoms with E-state index < -0.39 is 0 Å². The fourth-order valence-electron chi connectivity index (χ4n) is 4.07. The van der Waals surface area contributed by atoms with Crippen LogP contribution in [0, 0.1) is 13.8 Å². The van der Waals surface area contributed by atoms with Crippen molar-refractivity contribution < 1.29 is 18.7 Å². The molecule has 3 heterocycles. The minimum atomic E-state index is -0.195. The smallest absolute Gasteiger partial charge is 0.257 e. The first-order valence-electron chi connectivity index (χ1n) is 10.5. The summed E-state index contributed by atoms with van der Waals surface area (Å²) >= 11 is 0. The van der Waals surface area contributed by atoms with Gasteiger partial charge in [-0.05, 0) is 63.1 Å². The third kappa shape index (κ3) is 4.21. The molecule has 1 fully saturated rings. The molecule has 162 valence electrons. The summed E-state index contributed by atoms with van der Waals surface area (Å²) in [4.78, 5) is 27.2. The number of aryl methyl sites for hydroxylation is 1. The molecular weight excluding hydrogens is 394 g/mol. The largest absolute Gasteiger partial charge is 0.495 e. The number of methoxy groups -OCH3 is 1. The Labute approximate surface area is 181 Å². The molecule has 0 spiro atoms. The maximum absolute atomic E-state index is 13.0. The van der Waals surface area contributed by atoms with Gasteiger partial charge in [0.2, 0.25) is 5.91 Å². The van der Waals surface area contributed by atoms with Crippen LogP contribution in [0.4, 0.5) is 11.4 Å². The topological polar surface area (TPSA) is 76.7 Å². The number of piperidine rings is 1. The molecule has 2 amide bonds. The Morgan fingerprint density at radius 2 is 2.03 bits per heavy atom. The summed E-state index contributed by atoms with van der Waals surface area (Å²) in [6, 6.07) is 11.0. The lowest BCUT2D eigenvalue weighted by Crippen LogP contribution is -2.35. The normalized spacial score (nSPS) is 14.0. The maximum Gasteiger partial charge on any atom is 0.257 e. The zero-order valence-electron chi connectivity index (χ0n) is 18.1. The molecule has 4 rings (SSSR count). The zero-order chi connectivity index (χ0) is 22.0. The number of carbonyl (C=O) groups is 2. The third-order valence-corrected chi connectivity index (χ3v) is 5.76. The van der Waals surface area contributed by atoms with Crippen molar-refractivity contribution in [1.82, 2.24) is 4.57 Å². The Morgan fingerprint density at radius 3 is 2.74 bits per heavy atom. The molecule has 0 radical (unpaired) electrons. The monoisotopic (exact) mass is 421 g/mol. The van der Waals surface area contributed by atoms with Crippen molar-refractivity contribution in [2.24, 2.45) is 0 Å². The van der Waals surface area contributed by atoms with Gasteiger partial charge in [-0.2, -0.15) is 0 Å². The van der Waals surface area contributed by atoms with Gasteiger partial charge in [0, 0.05) is 30.0 Å². The Bertz CT molecular complexity index is 1100. The Morgan fingerprint density at radius 1 is 1.19 bits per heavy atom. The van der Waals surface area contributed by atoms with E-state index in [1.54, 1.807) is 30.4 Å². The second-order valence-corrected chi connectivity index (χ2v) is 7.79. The zero-order valence-corrected chi connectivity index (χ0v) is 18.1. The summed E-state index contributed by atoms with van der Waals surface area (Å²) < 4.78 is 13.0. The number of furan rings is 1. The van der Waals surface area contributed by atoms with Gasteiger partial charge in [0.25, 0.3) is 5.91 Å². The molecule has 3 aromatic rings. The van der Waals surface area contributed by atoms with Crippen LogP contribution in [0.5, 0.6) is 5.75 Å². The van der Waals surface area contributed by atoms with Gasteiger partial charge in [-0.1, -0.05) is 0 Å². The van der Waals surface area contributed by atoms with Crippen LogP contribution in [0.25, 0.3) is 0 Å². The molecule has 7 heteroatoms. The predicted octanol–water partition coefficient (Wildman–Crippen LogP) is 4.52. The Hall–Kier alpha value is -3.48. The minimum Gasteiger partial charge on any atom is -0.495 e. The van der Waals surface area contributed by atoms with E-state index in [2.05, 4.69) is 9.88 Å². The van der Waals surface area contributed by atoms with Gasteiger partial charge in [0.1, 0.15) is 11.5 Å². The molecule has 1 aliphatic heterocycles. The van der Waals surface area contributed by atoms with Crippen molar-refractivity contribution in [1.29, 1.82) is 0 Å². The first-order chi connectivity index (χ1) is 15.0. The minimum absolute atomic E-state index is 0.0782. The van der Waals surface area contributed by atoms with Crippen molar-refractivity contribution in [3.8, 4) is 5.75 Å². The fourth-order valence-corrected chi connectivity index (χ4v) is 4.07. The van der Waals surface area contributed by atoms with Crippen molar-refractivity contribution >= 4 is 23.2 Å². The quantitative estimate of drug-likeness (QED) is 0.635. The molecule has 31 heavy (non-hydrogen) atoms. The van der Waals surface area contributed by atoms with Gasteiger partial charge in [-0.3, -0.25) is 9.59 Å². The molecule has 0 atom stereocenters. The molecule has 2 aromatic heterocycles. The average Bonchev–Trinajstić information content (AvgIpc) is 3.38. The molecule has 1 aromatic carbocycles. The summed E-state index contributed by atoms with van der Waals surface area (Å²) in [6.07, 6.45) is 4.03. The Balaban J connectivity index is 1.57.